The van der Waals surface area contributed by atoms with Crippen molar-refractivity contribution >= 4 is 15.7 Å². The molecular formula is C19H25NO3S. The molecule has 1 N–H and O–H groups in total. The highest BCUT2D eigenvalue weighted by Gasteiger charge is 2.11. The van der Waals surface area contributed by atoms with Crippen LogP contribution in [0.3, 0.4) is 0 Å². The van der Waals surface area contributed by atoms with Crippen LogP contribution in [0.4, 0.5) is 5.69 Å². The Morgan fingerprint density at radius 1 is 1.00 bits per heavy atom. The second kappa shape index (κ2) is 8.20. The van der Waals surface area contributed by atoms with Gasteiger partial charge in [-0.15, -0.1) is 0 Å². The van der Waals surface area contributed by atoms with Crippen molar-refractivity contribution in [3.63, 3.8) is 0 Å². The van der Waals surface area contributed by atoms with E-state index in [1.807, 2.05) is 36.4 Å². The lowest BCUT2D eigenvalue weighted by molar-refractivity contribution is 0.341. The van der Waals surface area contributed by atoms with Crippen LogP contribution in [0, 0.1) is 0 Å². The first-order chi connectivity index (χ1) is 11.4. The van der Waals surface area contributed by atoms with E-state index in [4.69, 9.17) is 4.74 Å². The Morgan fingerprint density at radius 3 is 2.17 bits per heavy atom. The number of anilines is 1. The van der Waals surface area contributed by atoms with Gasteiger partial charge in [-0.3, -0.25) is 4.72 Å². The highest BCUT2D eigenvalue weighted by molar-refractivity contribution is 7.92. The Kier molecular flexibility index (Phi) is 6.26. The summed E-state index contributed by atoms with van der Waals surface area (Å²) in [4.78, 5) is 0. The number of rotatable bonds is 8. The third-order valence-corrected chi connectivity index (χ3v) is 5.05. The SMILES string of the molecule is CCc1ccc(OCCS(=O)(=O)Nc2ccc(C(C)C)cc2)cc1. The molecule has 24 heavy (non-hydrogen) atoms. The molecule has 0 aliphatic heterocycles. The van der Waals surface area contributed by atoms with E-state index in [1.54, 1.807) is 12.1 Å². The molecule has 0 aromatic heterocycles. The molecule has 0 aliphatic carbocycles. The van der Waals surface area contributed by atoms with Gasteiger partial charge >= 0.3 is 0 Å². The van der Waals surface area contributed by atoms with Gasteiger partial charge in [-0.05, 0) is 47.7 Å². The zero-order valence-electron chi connectivity index (χ0n) is 14.5. The second-order valence-electron chi connectivity index (χ2n) is 6.04. The van der Waals surface area contributed by atoms with Crippen LogP contribution < -0.4 is 9.46 Å². The molecule has 0 bridgehead atoms. The Hall–Kier alpha value is -2.01. The van der Waals surface area contributed by atoms with Gasteiger partial charge in [0.2, 0.25) is 10.0 Å². The lowest BCUT2D eigenvalue weighted by atomic mass is 10.0. The van der Waals surface area contributed by atoms with Crippen molar-refractivity contribution in [2.24, 2.45) is 0 Å². The van der Waals surface area contributed by atoms with E-state index in [2.05, 4.69) is 25.5 Å². The number of nitrogens with one attached hydrogen (secondary N) is 1. The van der Waals surface area contributed by atoms with Gasteiger partial charge in [-0.1, -0.05) is 45.0 Å². The normalized spacial score (nSPS) is 11.5. The number of ether oxygens (including phenoxy) is 1. The maximum Gasteiger partial charge on any atom is 0.236 e. The van der Waals surface area contributed by atoms with Crippen LogP contribution in [-0.2, 0) is 16.4 Å². The maximum atomic E-state index is 12.1. The number of benzene rings is 2. The molecule has 4 nitrogen and oxygen atoms in total. The number of hydrogen-bond donors (Lipinski definition) is 1. The first-order valence-corrected chi connectivity index (χ1v) is 9.87. The van der Waals surface area contributed by atoms with Crippen LogP contribution in [-0.4, -0.2) is 20.8 Å². The summed E-state index contributed by atoms with van der Waals surface area (Å²) in [5, 5.41) is 0. The van der Waals surface area contributed by atoms with Crippen molar-refractivity contribution in [2.75, 3.05) is 17.1 Å². The quantitative estimate of drug-likeness (QED) is 0.779. The minimum atomic E-state index is -3.43. The van der Waals surface area contributed by atoms with Crippen molar-refractivity contribution in [1.82, 2.24) is 0 Å². The molecule has 0 heterocycles. The molecular weight excluding hydrogens is 322 g/mol. The van der Waals surface area contributed by atoms with Crippen molar-refractivity contribution in [2.45, 2.75) is 33.1 Å². The highest BCUT2D eigenvalue weighted by Crippen LogP contribution is 2.18. The summed E-state index contributed by atoms with van der Waals surface area (Å²) in [6.45, 7) is 6.40. The molecule has 0 saturated carbocycles. The van der Waals surface area contributed by atoms with E-state index in [-0.39, 0.29) is 12.4 Å². The molecule has 0 saturated heterocycles. The topological polar surface area (TPSA) is 55.4 Å². The predicted octanol–water partition coefficient (Wildman–Crippen LogP) is 4.19. The fourth-order valence-electron chi connectivity index (χ4n) is 2.26. The van der Waals surface area contributed by atoms with Crippen molar-refractivity contribution < 1.29 is 13.2 Å². The lowest BCUT2D eigenvalue weighted by Crippen LogP contribution is -2.21. The van der Waals surface area contributed by atoms with Crippen LogP contribution in [0.1, 0.15) is 37.8 Å². The van der Waals surface area contributed by atoms with E-state index in [0.717, 1.165) is 6.42 Å². The van der Waals surface area contributed by atoms with E-state index in [9.17, 15) is 8.42 Å². The minimum absolute atomic E-state index is 0.0888. The molecule has 2 aromatic carbocycles. The molecule has 2 aromatic rings. The number of aryl methyl sites for hydroxylation is 1. The molecule has 0 spiro atoms. The van der Waals surface area contributed by atoms with E-state index in [0.29, 0.717) is 17.4 Å². The summed E-state index contributed by atoms with van der Waals surface area (Å²) in [6, 6.07) is 15.2. The van der Waals surface area contributed by atoms with Crippen LogP contribution in [0.5, 0.6) is 5.75 Å². The van der Waals surface area contributed by atoms with Crippen molar-refractivity contribution in [1.29, 1.82) is 0 Å². The average Bonchev–Trinajstić information content (AvgIpc) is 2.55. The van der Waals surface area contributed by atoms with Gasteiger partial charge in [0.1, 0.15) is 18.1 Å². The van der Waals surface area contributed by atoms with Crippen LogP contribution >= 0.6 is 0 Å². The lowest BCUT2D eigenvalue weighted by Gasteiger charge is -2.11. The molecule has 0 amide bonds. The van der Waals surface area contributed by atoms with Gasteiger partial charge in [0.25, 0.3) is 0 Å². The molecule has 5 heteroatoms. The van der Waals surface area contributed by atoms with Gasteiger partial charge in [-0.2, -0.15) is 0 Å². The van der Waals surface area contributed by atoms with Crippen molar-refractivity contribution in [3.8, 4) is 5.75 Å². The van der Waals surface area contributed by atoms with Gasteiger partial charge in [0.15, 0.2) is 0 Å². The zero-order chi connectivity index (χ0) is 17.6. The largest absolute Gasteiger partial charge is 0.492 e. The summed E-state index contributed by atoms with van der Waals surface area (Å²) < 4.78 is 32.3. The minimum Gasteiger partial charge on any atom is -0.492 e. The summed E-state index contributed by atoms with van der Waals surface area (Å²) in [5.74, 6) is 1.01. The Bertz CT molecular complexity index is 735. The first kappa shape index (κ1) is 18.3. The maximum absolute atomic E-state index is 12.1. The second-order valence-corrected chi connectivity index (χ2v) is 7.89. The summed E-state index contributed by atoms with van der Waals surface area (Å²) in [7, 11) is -3.43. The molecule has 0 atom stereocenters. The van der Waals surface area contributed by atoms with Gasteiger partial charge < -0.3 is 4.74 Å². The highest BCUT2D eigenvalue weighted by atomic mass is 32.2. The smallest absolute Gasteiger partial charge is 0.236 e. The van der Waals surface area contributed by atoms with E-state index < -0.39 is 10.0 Å². The molecule has 0 unspecified atom stereocenters. The van der Waals surface area contributed by atoms with Crippen LogP contribution in [0.2, 0.25) is 0 Å². The molecule has 130 valence electrons. The molecule has 0 fully saturated rings. The van der Waals surface area contributed by atoms with Crippen LogP contribution in [0.25, 0.3) is 0 Å². The Balaban J connectivity index is 1.86. The Morgan fingerprint density at radius 2 is 1.62 bits per heavy atom. The van der Waals surface area contributed by atoms with Crippen molar-refractivity contribution in [3.05, 3.63) is 59.7 Å². The summed E-state index contributed by atoms with van der Waals surface area (Å²) in [5.41, 5.74) is 2.98. The van der Waals surface area contributed by atoms with Gasteiger partial charge in [0.05, 0.1) is 0 Å². The first-order valence-electron chi connectivity index (χ1n) is 8.22. The van der Waals surface area contributed by atoms with Crippen LogP contribution in [0.15, 0.2) is 48.5 Å². The monoisotopic (exact) mass is 347 g/mol. The number of sulfonamides is 1. The van der Waals surface area contributed by atoms with E-state index in [1.165, 1.54) is 11.1 Å². The third kappa shape index (κ3) is 5.57. The third-order valence-electron chi connectivity index (χ3n) is 3.80. The Labute approximate surface area is 144 Å². The van der Waals surface area contributed by atoms with Gasteiger partial charge in [-0.25, -0.2) is 8.42 Å². The molecule has 0 radical (unpaired) electrons. The molecule has 2 rings (SSSR count). The summed E-state index contributed by atoms with van der Waals surface area (Å²) >= 11 is 0. The fourth-order valence-corrected chi connectivity index (χ4v) is 3.16. The standard InChI is InChI=1S/C19H25NO3S/c1-4-16-5-11-19(12-6-16)23-13-14-24(21,22)20-18-9-7-17(8-10-18)15(2)3/h5-12,15,20H,4,13-14H2,1-3H3. The van der Waals surface area contributed by atoms with Gasteiger partial charge in [0, 0.05) is 5.69 Å². The predicted molar refractivity (Wildman–Crippen MR) is 99.3 cm³/mol. The van der Waals surface area contributed by atoms with E-state index >= 15 is 0 Å². The fraction of sp³-hybridized carbons (Fsp3) is 0.368. The average molecular weight is 347 g/mol. The number of hydrogen-bond acceptors (Lipinski definition) is 3. The zero-order valence-corrected chi connectivity index (χ0v) is 15.3. The summed E-state index contributed by atoms with van der Waals surface area (Å²) in [6.07, 6.45) is 0.966. The molecule has 0 aliphatic rings.